The summed E-state index contributed by atoms with van der Waals surface area (Å²) in [7, 11) is 0. The molecule has 0 radical (unpaired) electrons. The summed E-state index contributed by atoms with van der Waals surface area (Å²) in [5, 5.41) is 3.70. The molecule has 0 aliphatic heterocycles. The third-order valence-corrected chi connectivity index (χ3v) is 4.21. The fraction of sp³-hybridized carbons (Fsp3) is 0.0556. The third-order valence-electron chi connectivity index (χ3n) is 3.81. The molecular formula is C18H16ClFN6O. The van der Waals surface area contributed by atoms with Gasteiger partial charge >= 0.3 is 0 Å². The summed E-state index contributed by atoms with van der Waals surface area (Å²) < 4.78 is 12.9. The number of nitrogens with zero attached hydrogens (tertiary/aromatic N) is 2. The molecule has 9 heteroatoms. The van der Waals surface area contributed by atoms with Crippen molar-refractivity contribution in [2.45, 2.75) is 6.92 Å². The predicted octanol–water partition coefficient (Wildman–Crippen LogP) is 3.66. The first kappa shape index (κ1) is 18.4. The topological polar surface area (TPSA) is 105 Å². The van der Waals surface area contributed by atoms with Crippen molar-refractivity contribution in [1.82, 2.24) is 15.4 Å². The van der Waals surface area contributed by atoms with Crippen LogP contribution in [0.3, 0.4) is 0 Å². The van der Waals surface area contributed by atoms with Crippen LogP contribution in [-0.4, -0.2) is 15.9 Å². The van der Waals surface area contributed by atoms with Gasteiger partial charge in [0.15, 0.2) is 11.6 Å². The molecule has 0 saturated carbocycles. The molecule has 0 spiro atoms. The molecule has 0 aliphatic carbocycles. The van der Waals surface area contributed by atoms with E-state index in [4.69, 9.17) is 17.3 Å². The monoisotopic (exact) mass is 386 g/mol. The standard InChI is InChI=1S/C18H16ClFN6O/c1-10-13(19)3-2-4-14(10)24-16-15(21)17(23-9-22-16)25-26-18(27)11-5-7-12(20)8-6-11/h2-9H,21H2,1H3,(H,26,27)(H2,22,23,24,25). The minimum atomic E-state index is -0.465. The Bertz CT molecular complexity index is 980. The van der Waals surface area contributed by atoms with Crippen molar-refractivity contribution in [2.75, 3.05) is 16.5 Å². The lowest BCUT2D eigenvalue weighted by molar-refractivity contribution is 0.0962. The second kappa shape index (κ2) is 7.88. The Morgan fingerprint density at radius 3 is 2.56 bits per heavy atom. The van der Waals surface area contributed by atoms with E-state index in [0.29, 0.717) is 10.8 Å². The highest BCUT2D eigenvalue weighted by Gasteiger charge is 2.12. The number of hydrogen-bond donors (Lipinski definition) is 4. The molecule has 1 heterocycles. The molecule has 138 valence electrons. The first-order valence-corrected chi connectivity index (χ1v) is 8.28. The van der Waals surface area contributed by atoms with Crippen molar-refractivity contribution in [3.05, 3.63) is 70.8 Å². The number of nitrogens with two attached hydrogens (primary N) is 1. The van der Waals surface area contributed by atoms with Gasteiger partial charge in [-0.1, -0.05) is 17.7 Å². The number of rotatable bonds is 5. The van der Waals surface area contributed by atoms with Crippen LogP contribution < -0.4 is 21.9 Å². The molecule has 3 rings (SSSR count). The van der Waals surface area contributed by atoms with Gasteiger partial charge in [0.2, 0.25) is 0 Å². The van der Waals surface area contributed by atoms with Gasteiger partial charge in [0.05, 0.1) is 0 Å². The Labute approximate surface area is 159 Å². The molecular weight excluding hydrogens is 371 g/mol. The smallest absolute Gasteiger partial charge is 0.269 e. The van der Waals surface area contributed by atoms with E-state index in [1.165, 1.54) is 30.6 Å². The number of hydrogen-bond acceptors (Lipinski definition) is 6. The number of aromatic nitrogens is 2. The van der Waals surface area contributed by atoms with Crippen LogP contribution in [0.15, 0.2) is 48.8 Å². The molecule has 0 bridgehead atoms. The Morgan fingerprint density at radius 2 is 1.81 bits per heavy atom. The summed E-state index contributed by atoms with van der Waals surface area (Å²) in [6.07, 6.45) is 1.30. The summed E-state index contributed by atoms with van der Waals surface area (Å²) in [5.74, 6) is -0.323. The van der Waals surface area contributed by atoms with Crippen LogP contribution >= 0.6 is 11.6 Å². The quantitative estimate of drug-likeness (QED) is 0.499. The largest absolute Gasteiger partial charge is 0.393 e. The van der Waals surface area contributed by atoms with Crippen LogP contribution in [0.1, 0.15) is 15.9 Å². The van der Waals surface area contributed by atoms with Crippen LogP contribution in [0.25, 0.3) is 0 Å². The van der Waals surface area contributed by atoms with E-state index < -0.39 is 11.7 Å². The number of benzene rings is 2. The van der Waals surface area contributed by atoms with Crippen molar-refractivity contribution in [1.29, 1.82) is 0 Å². The lowest BCUT2D eigenvalue weighted by atomic mass is 10.2. The number of carbonyl (C=O) groups excluding carboxylic acids is 1. The van der Waals surface area contributed by atoms with Gasteiger partial charge in [0.1, 0.15) is 17.8 Å². The van der Waals surface area contributed by atoms with Crippen LogP contribution in [0, 0.1) is 12.7 Å². The minimum Gasteiger partial charge on any atom is -0.393 e. The molecule has 3 aromatic rings. The molecule has 2 aromatic carbocycles. The maximum absolute atomic E-state index is 12.9. The van der Waals surface area contributed by atoms with Gasteiger partial charge in [0, 0.05) is 16.3 Å². The first-order valence-electron chi connectivity index (χ1n) is 7.90. The van der Waals surface area contributed by atoms with Gasteiger partial charge in [-0.3, -0.25) is 15.6 Å². The number of carbonyl (C=O) groups is 1. The number of halogens is 2. The van der Waals surface area contributed by atoms with E-state index in [-0.39, 0.29) is 17.1 Å². The van der Waals surface area contributed by atoms with Crippen molar-refractivity contribution in [3.63, 3.8) is 0 Å². The molecule has 5 N–H and O–H groups in total. The molecule has 7 nitrogen and oxygen atoms in total. The zero-order valence-electron chi connectivity index (χ0n) is 14.3. The summed E-state index contributed by atoms with van der Waals surface area (Å²) >= 11 is 6.12. The van der Waals surface area contributed by atoms with Gasteiger partial charge in [0.25, 0.3) is 5.91 Å². The first-order chi connectivity index (χ1) is 13.0. The van der Waals surface area contributed by atoms with Crippen molar-refractivity contribution < 1.29 is 9.18 Å². The van der Waals surface area contributed by atoms with Gasteiger partial charge in [-0.25, -0.2) is 14.4 Å². The zero-order chi connectivity index (χ0) is 19.4. The number of anilines is 4. The Kier molecular flexibility index (Phi) is 5.37. The van der Waals surface area contributed by atoms with Crippen LogP contribution in [-0.2, 0) is 0 Å². The number of nitrogen functional groups attached to an aromatic ring is 1. The van der Waals surface area contributed by atoms with E-state index in [9.17, 15) is 9.18 Å². The summed E-state index contributed by atoms with van der Waals surface area (Å²) in [4.78, 5) is 20.2. The Hall–Kier alpha value is -3.39. The maximum Gasteiger partial charge on any atom is 0.269 e. The number of nitrogens with one attached hydrogen (secondary N) is 3. The Morgan fingerprint density at radius 1 is 1.11 bits per heavy atom. The fourth-order valence-electron chi connectivity index (χ4n) is 2.25. The van der Waals surface area contributed by atoms with Gasteiger partial charge in [-0.15, -0.1) is 0 Å². The highest BCUT2D eigenvalue weighted by Crippen LogP contribution is 2.29. The SMILES string of the molecule is Cc1c(Cl)cccc1Nc1ncnc(NNC(=O)c2ccc(F)cc2)c1N. The molecule has 0 saturated heterocycles. The van der Waals surface area contributed by atoms with E-state index in [1.54, 1.807) is 12.1 Å². The molecule has 0 unspecified atom stereocenters. The van der Waals surface area contributed by atoms with E-state index in [2.05, 4.69) is 26.1 Å². The van der Waals surface area contributed by atoms with Crippen molar-refractivity contribution >= 4 is 40.5 Å². The number of amides is 1. The van der Waals surface area contributed by atoms with E-state index in [0.717, 1.165) is 11.3 Å². The van der Waals surface area contributed by atoms with E-state index in [1.807, 2.05) is 13.0 Å². The summed E-state index contributed by atoms with van der Waals surface area (Å²) in [6, 6.07) is 10.6. The van der Waals surface area contributed by atoms with Crippen LogP contribution in [0.2, 0.25) is 5.02 Å². The Balaban J connectivity index is 1.74. The average molecular weight is 387 g/mol. The molecule has 1 aromatic heterocycles. The third kappa shape index (κ3) is 4.24. The number of hydrazine groups is 1. The lowest BCUT2D eigenvalue weighted by Gasteiger charge is -2.14. The summed E-state index contributed by atoms with van der Waals surface area (Å²) in [5.41, 5.74) is 13.3. The van der Waals surface area contributed by atoms with Crippen molar-refractivity contribution in [3.8, 4) is 0 Å². The van der Waals surface area contributed by atoms with Gasteiger partial charge in [-0.2, -0.15) is 0 Å². The molecule has 0 atom stereocenters. The average Bonchev–Trinajstić information content (AvgIpc) is 2.66. The van der Waals surface area contributed by atoms with Gasteiger partial charge in [-0.05, 0) is 48.9 Å². The molecule has 0 aliphatic rings. The van der Waals surface area contributed by atoms with Crippen molar-refractivity contribution in [2.24, 2.45) is 0 Å². The highest BCUT2D eigenvalue weighted by molar-refractivity contribution is 6.31. The molecule has 1 amide bonds. The molecule has 0 fully saturated rings. The normalized spacial score (nSPS) is 10.3. The summed E-state index contributed by atoms with van der Waals surface area (Å²) in [6.45, 7) is 1.87. The van der Waals surface area contributed by atoms with Crippen LogP contribution in [0.5, 0.6) is 0 Å². The predicted molar refractivity (Wildman–Crippen MR) is 103 cm³/mol. The van der Waals surface area contributed by atoms with E-state index >= 15 is 0 Å². The zero-order valence-corrected chi connectivity index (χ0v) is 15.0. The van der Waals surface area contributed by atoms with Crippen LogP contribution in [0.4, 0.5) is 27.4 Å². The highest BCUT2D eigenvalue weighted by atomic mass is 35.5. The second-order valence-corrected chi connectivity index (χ2v) is 6.02. The fourth-order valence-corrected chi connectivity index (χ4v) is 2.43. The maximum atomic E-state index is 12.9. The lowest BCUT2D eigenvalue weighted by Crippen LogP contribution is -2.30. The molecule has 27 heavy (non-hydrogen) atoms. The minimum absolute atomic E-state index is 0.205. The second-order valence-electron chi connectivity index (χ2n) is 5.61. The van der Waals surface area contributed by atoms with Gasteiger partial charge < -0.3 is 11.1 Å².